The molecule has 0 spiro atoms. The van der Waals surface area contributed by atoms with Gasteiger partial charge in [0.15, 0.2) is 11.2 Å². The van der Waals surface area contributed by atoms with Crippen molar-refractivity contribution in [3.05, 3.63) is 44.9 Å². The van der Waals surface area contributed by atoms with Gasteiger partial charge in [-0.3, -0.25) is 0 Å². The van der Waals surface area contributed by atoms with Gasteiger partial charge in [0.05, 0.1) is 10.8 Å². The van der Waals surface area contributed by atoms with Gasteiger partial charge in [-0.2, -0.15) is 0 Å². The van der Waals surface area contributed by atoms with Gasteiger partial charge in [0.1, 0.15) is 19.1 Å². The molecule has 0 unspecified atom stereocenters. The van der Waals surface area contributed by atoms with Crippen LogP contribution in [0.25, 0.3) is 0 Å². The Morgan fingerprint density at radius 3 is 2.90 bits per heavy atom. The average Bonchev–Trinajstić information content (AvgIpc) is 3.10. The van der Waals surface area contributed by atoms with Crippen LogP contribution in [0, 0.1) is 10.1 Å². The molecule has 20 heavy (non-hydrogen) atoms. The second-order valence-electron chi connectivity index (χ2n) is 4.09. The van der Waals surface area contributed by atoms with Crippen LogP contribution in [0.4, 0.5) is 5.82 Å². The first-order valence-electron chi connectivity index (χ1n) is 5.57. The smallest absolute Gasteiger partial charge is 0.410 e. The molecule has 2 aromatic heterocycles. The van der Waals surface area contributed by atoms with Gasteiger partial charge in [-0.1, -0.05) is 4.80 Å². The molecule has 0 bridgehead atoms. The van der Waals surface area contributed by atoms with Gasteiger partial charge in [-0.05, 0) is 4.92 Å². The van der Waals surface area contributed by atoms with Crippen LogP contribution in [-0.2, 0) is 21.8 Å². The lowest BCUT2D eigenvalue weighted by molar-refractivity contribution is -0.389. The zero-order valence-electron chi connectivity index (χ0n) is 10.3. The van der Waals surface area contributed by atoms with Gasteiger partial charge in [0, 0.05) is 12.3 Å². The molecule has 3 heterocycles. The van der Waals surface area contributed by atoms with Crippen LogP contribution in [0.3, 0.4) is 0 Å². The van der Waals surface area contributed by atoms with Crippen LogP contribution in [0.2, 0.25) is 0 Å². The first-order chi connectivity index (χ1) is 9.57. The Hall–Kier alpha value is -2.49. The summed E-state index contributed by atoms with van der Waals surface area (Å²) in [6.07, 6.45) is 4.01. The average molecular weight is 295 g/mol. The third kappa shape index (κ3) is 2.20. The Labute approximate surface area is 116 Å². The quantitative estimate of drug-likeness (QED) is 0.619. The number of aromatic nitrogens is 4. The van der Waals surface area contributed by atoms with Gasteiger partial charge in [-0.25, -0.2) is 4.98 Å². The molecule has 0 aromatic carbocycles. The Bertz CT molecular complexity index is 671. The van der Waals surface area contributed by atoms with E-state index in [9.17, 15) is 10.1 Å². The van der Waals surface area contributed by atoms with Crippen molar-refractivity contribution < 1.29 is 14.4 Å². The van der Waals surface area contributed by atoms with E-state index in [1.165, 1.54) is 28.7 Å². The molecule has 3 rings (SSSR count). The minimum atomic E-state index is -0.910. The minimum absolute atomic E-state index is 0.244. The van der Waals surface area contributed by atoms with E-state index in [-0.39, 0.29) is 12.4 Å². The summed E-state index contributed by atoms with van der Waals surface area (Å²) in [5, 5.41) is 20.5. The van der Waals surface area contributed by atoms with E-state index in [1.807, 2.05) is 0 Å². The number of thiazole rings is 1. The van der Waals surface area contributed by atoms with Crippen molar-refractivity contribution in [2.75, 3.05) is 0 Å². The van der Waals surface area contributed by atoms with Crippen molar-refractivity contribution in [3.63, 3.8) is 0 Å². The van der Waals surface area contributed by atoms with Crippen molar-refractivity contribution in [2.24, 2.45) is 0 Å². The predicted molar refractivity (Wildman–Crippen MR) is 66.6 cm³/mol. The molecule has 104 valence electrons. The lowest BCUT2D eigenvalue weighted by Crippen LogP contribution is -2.22. The number of nitrogens with zero attached hydrogens (tertiary/aromatic N) is 5. The molecule has 0 fully saturated rings. The van der Waals surface area contributed by atoms with E-state index in [4.69, 9.17) is 9.47 Å². The zero-order chi connectivity index (χ0) is 14.2. The van der Waals surface area contributed by atoms with Crippen molar-refractivity contribution in [1.82, 2.24) is 20.0 Å². The molecule has 0 saturated heterocycles. The van der Waals surface area contributed by atoms with Gasteiger partial charge < -0.3 is 19.6 Å². The summed E-state index contributed by atoms with van der Waals surface area (Å²) in [7, 11) is 0. The van der Waals surface area contributed by atoms with E-state index >= 15 is 0 Å². The lowest BCUT2D eigenvalue weighted by atomic mass is 10.3. The number of nitro groups is 1. The van der Waals surface area contributed by atoms with Crippen molar-refractivity contribution >= 4 is 17.2 Å². The first kappa shape index (κ1) is 12.5. The molecule has 0 atom stereocenters. The van der Waals surface area contributed by atoms with Gasteiger partial charge >= 0.3 is 11.6 Å². The molecule has 0 aliphatic carbocycles. The van der Waals surface area contributed by atoms with E-state index < -0.39 is 10.7 Å². The minimum Gasteiger partial charge on any atom is -0.451 e. The monoisotopic (exact) mass is 295 g/mol. The fourth-order valence-corrected chi connectivity index (χ4v) is 2.48. The van der Waals surface area contributed by atoms with Gasteiger partial charge in [0.2, 0.25) is 0 Å². The lowest BCUT2D eigenvalue weighted by Gasteiger charge is -2.19. The fraction of sp³-hybridized carbons (Fsp3) is 0.300. The summed E-state index contributed by atoms with van der Waals surface area (Å²) in [5.41, 5.74) is 0.677. The van der Waals surface area contributed by atoms with Crippen LogP contribution in [0.5, 0.6) is 0 Å². The highest BCUT2D eigenvalue weighted by molar-refractivity contribution is 7.09. The summed E-state index contributed by atoms with van der Waals surface area (Å²) in [5.74, 6) is -1.20. The summed E-state index contributed by atoms with van der Waals surface area (Å²) in [6, 6.07) is 0. The third-order valence-corrected chi connectivity index (χ3v) is 3.67. The second-order valence-corrected chi connectivity index (χ2v) is 4.95. The maximum atomic E-state index is 10.5. The SMILES string of the molecule is CC1(c2nc(Cn3ncc([N+](=O)[O-])n3)cs2)OC=CO1. The van der Waals surface area contributed by atoms with Gasteiger partial charge in [0.25, 0.3) is 0 Å². The molecule has 0 saturated carbocycles. The molecule has 2 aromatic rings. The summed E-state index contributed by atoms with van der Waals surface area (Å²) in [6.45, 7) is 2.00. The van der Waals surface area contributed by atoms with Crippen molar-refractivity contribution in [1.29, 1.82) is 0 Å². The van der Waals surface area contributed by atoms with Crippen LogP contribution in [0.1, 0.15) is 17.6 Å². The molecule has 0 radical (unpaired) electrons. The summed E-state index contributed by atoms with van der Waals surface area (Å²) >= 11 is 1.37. The van der Waals surface area contributed by atoms with Crippen LogP contribution >= 0.6 is 11.3 Å². The van der Waals surface area contributed by atoms with Crippen LogP contribution in [0.15, 0.2) is 24.1 Å². The molecule has 0 amide bonds. The van der Waals surface area contributed by atoms with Gasteiger partial charge in [-0.15, -0.1) is 16.4 Å². The second kappa shape index (κ2) is 4.56. The Kier molecular flexibility index (Phi) is 2.86. The van der Waals surface area contributed by atoms with Crippen molar-refractivity contribution in [3.8, 4) is 0 Å². The predicted octanol–water partition coefficient (Wildman–Crippen LogP) is 1.38. The highest BCUT2D eigenvalue weighted by atomic mass is 32.1. The van der Waals surface area contributed by atoms with E-state index in [1.54, 1.807) is 12.3 Å². The fourth-order valence-electron chi connectivity index (χ4n) is 1.62. The standard InChI is InChI=1S/C10H9N5O4S/c1-10(18-2-3-19-10)9-12-7(6-20-9)5-14-11-4-8(13-14)15(16)17/h2-4,6H,5H2,1H3. The number of rotatable bonds is 4. The molecule has 1 aliphatic rings. The van der Waals surface area contributed by atoms with Crippen LogP contribution in [-0.4, -0.2) is 24.9 Å². The molecule has 0 N–H and O–H groups in total. The normalized spacial score (nSPS) is 15.8. The van der Waals surface area contributed by atoms with E-state index in [0.717, 1.165) is 6.20 Å². The highest BCUT2D eigenvalue weighted by Gasteiger charge is 2.35. The van der Waals surface area contributed by atoms with Crippen molar-refractivity contribution in [2.45, 2.75) is 19.3 Å². The van der Waals surface area contributed by atoms with Crippen LogP contribution < -0.4 is 0 Å². The maximum absolute atomic E-state index is 10.5. The largest absolute Gasteiger partial charge is 0.451 e. The summed E-state index contributed by atoms with van der Waals surface area (Å²) < 4.78 is 10.7. The number of ether oxygens (including phenoxy) is 2. The Morgan fingerprint density at radius 1 is 1.50 bits per heavy atom. The number of hydrogen-bond acceptors (Lipinski definition) is 8. The molecule has 9 nitrogen and oxygen atoms in total. The number of hydrogen-bond donors (Lipinski definition) is 0. The Balaban J connectivity index is 1.75. The molecule has 1 aliphatic heterocycles. The maximum Gasteiger partial charge on any atom is 0.410 e. The van der Waals surface area contributed by atoms with E-state index in [2.05, 4.69) is 15.2 Å². The first-order valence-corrected chi connectivity index (χ1v) is 6.45. The topological polar surface area (TPSA) is 105 Å². The van der Waals surface area contributed by atoms with E-state index in [0.29, 0.717) is 10.7 Å². The summed E-state index contributed by atoms with van der Waals surface area (Å²) in [4.78, 5) is 15.5. The highest BCUT2D eigenvalue weighted by Crippen LogP contribution is 2.33. The molecular weight excluding hydrogens is 286 g/mol. The third-order valence-electron chi connectivity index (χ3n) is 2.60. The molecule has 10 heteroatoms. The molecular formula is C10H9N5O4S. The zero-order valence-corrected chi connectivity index (χ0v) is 11.1. The Morgan fingerprint density at radius 2 is 2.25 bits per heavy atom.